The summed E-state index contributed by atoms with van der Waals surface area (Å²) in [6.07, 6.45) is -15.8. The predicted molar refractivity (Wildman–Crippen MR) is 74.6 cm³/mol. The van der Waals surface area contributed by atoms with Crippen LogP contribution < -0.4 is 0 Å². The summed E-state index contributed by atoms with van der Waals surface area (Å²) >= 11 is 0. The Labute approximate surface area is 132 Å². The zero-order valence-electron chi connectivity index (χ0n) is 13.5. The van der Waals surface area contributed by atoms with Crippen LogP contribution in [0.4, 0.5) is 26.3 Å². The molecule has 0 aliphatic rings. The first kappa shape index (κ1) is 22.2. The molecule has 0 radical (unpaired) electrons. The molecule has 0 aliphatic carbocycles. The molecule has 23 heavy (non-hydrogen) atoms. The number of hydrogen-bond donors (Lipinski definition) is 1. The van der Waals surface area contributed by atoms with Gasteiger partial charge in [-0.05, 0) is 32.1 Å². The summed E-state index contributed by atoms with van der Waals surface area (Å²) in [5.41, 5.74) is 0.731. The standard InChI is InChI=1S/C15H24F6O2/c1-5-10(4)8-11(7-6-9(2)3)12(22)23-13(14(16,17)18)15(19,20)21/h10-13,22H,2,5-8H2,1,3-4H3. The van der Waals surface area contributed by atoms with Gasteiger partial charge in [-0.25, -0.2) is 0 Å². The van der Waals surface area contributed by atoms with Crippen LogP contribution in [0.1, 0.15) is 46.5 Å². The van der Waals surface area contributed by atoms with Gasteiger partial charge in [0.15, 0.2) is 6.29 Å². The van der Waals surface area contributed by atoms with Gasteiger partial charge in [0.05, 0.1) is 0 Å². The summed E-state index contributed by atoms with van der Waals surface area (Å²) < 4.78 is 79.1. The minimum absolute atomic E-state index is 0.0404. The molecule has 3 unspecified atom stereocenters. The number of aliphatic hydroxyl groups excluding tert-OH is 1. The third kappa shape index (κ3) is 8.60. The zero-order valence-corrected chi connectivity index (χ0v) is 13.5. The Morgan fingerprint density at radius 1 is 1.13 bits per heavy atom. The van der Waals surface area contributed by atoms with Crippen LogP contribution in [-0.4, -0.2) is 29.9 Å². The van der Waals surface area contributed by atoms with E-state index in [2.05, 4.69) is 11.3 Å². The molecule has 0 heterocycles. The molecule has 2 nitrogen and oxygen atoms in total. The molecular weight excluding hydrogens is 326 g/mol. The highest BCUT2D eigenvalue weighted by Crippen LogP contribution is 2.38. The number of aliphatic hydroxyl groups is 1. The first-order valence-electron chi connectivity index (χ1n) is 7.40. The fourth-order valence-corrected chi connectivity index (χ4v) is 2.08. The Morgan fingerprint density at radius 3 is 1.96 bits per heavy atom. The average Bonchev–Trinajstić information content (AvgIpc) is 2.37. The highest BCUT2D eigenvalue weighted by molar-refractivity contribution is 4.89. The molecular formula is C15H24F6O2. The van der Waals surface area contributed by atoms with Crippen molar-refractivity contribution < 1.29 is 36.2 Å². The molecule has 138 valence electrons. The van der Waals surface area contributed by atoms with Gasteiger partial charge >= 0.3 is 12.4 Å². The molecule has 8 heteroatoms. The molecule has 0 aromatic rings. The largest absolute Gasteiger partial charge is 0.423 e. The highest BCUT2D eigenvalue weighted by atomic mass is 19.4. The summed E-state index contributed by atoms with van der Waals surface area (Å²) in [4.78, 5) is 0. The van der Waals surface area contributed by atoms with Crippen molar-refractivity contribution in [1.82, 2.24) is 0 Å². The Bertz CT molecular complexity index is 350. The van der Waals surface area contributed by atoms with Gasteiger partial charge in [-0.2, -0.15) is 26.3 Å². The molecule has 0 spiro atoms. The van der Waals surface area contributed by atoms with Crippen molar-refractivity contribution in [1.29, 1.82) is 0 Å². The van der Waals surface area contributed by atoms with Crippen molar-refractivity contribution in [2.75, 3.05) is 0 Å². The van der Waals surface area contributed by atoms with Crippen LogP contribution >= 0.6 is 0 Å². The van der Waals surface area contributed by atoms with E-state index < -0.39 is 30.7 Å². The predicted octanol–water partition coefficient (Wildman–Crippen LogP) is 5.22. The quantitative estimate of drug-likeness (QED) is 0.351. The topological polar surface area (TPSA) is 29.5 Å². The van der Waals surface area contributed by atoms with E-state index in [-0.39, 0.29) is 18.8 Å². The number of halogens is 6. The van der Waals surface area contributed by atoms with E-state index in [4.69, 9.17) is 0 Å². The highest BCUT2D eigenvalue weighted by Gasteiger charge is 2.59. The normalized spacial score (nSPS) is 17.2. The van der Waals surface area contributed by atoms with Crippen LogP contribution in [0.2, 0.25) is 0 Å². The molecule has 3 atom stereocenters. The second-order valence-electron chi connectivity index (χ2n) is 5.99. The van der Waals surface area contributed by atoms with Gasteiger partial charge in [0.25, 0.3) is 6.10 Å². The maximum absolute atomic E-state index is 12.5. The zero-order chi connectivity index (χ0) is 18.4. The Kier molecular flexibility index (Phi) is 8.62. The summed E-state index contributed by atoms with van der Waals surface area (Å²) in [6, 6.07) is 0. The number of ether oxygens (including phenoxy) is 1. The molecule has 0 rings (SSSR count). The average molecular weight is 350 g/mol. The van der Waals surface area contributed by atoms with E-state index in [9.17, 15) is 31.4 Å². The Balaban J connectivity index is 5.09. The van der Waals surface area contributed by atoms with Gasteiger partial charge in [-0.1, -0.05) is 25.8 Å². The van der Waals surface area contributed by atoms with Gasteiger partial charge in [0, 0.05) is 5.92 Å². The van der Waals surface area contributed by atoms with Crippen LogP contribution in [-0.2, 0) is 4.74 Å². The van der Waals surface area contributed by atoms with Gasteiger partial charge in [-0.15, -0.1) is 6.58 Å². The van der Waals surface area contributed by atoms with Gasteiger partial charge in [0.2, 0.25) is 0 Å². The molecule has 0 fully saturated rings. The molecule has 0 saturated heterocycles. The van der Waals surface area contributed by atoms with E-state index in [1.54, 1.807) is 6.92 Å². The van der Waals surface area contributed by atoms with Gasteiger partial charge in [0.1, 0.15) is 0 Å². The van der Waals surface area contributed by atoms with Crippen molar-refractivity contribution in [2.24, 2.45) is 11.8 Å². The first-order valence-corrected chi connectivity index (χ1v) is 7.40. The fraction of sp³-hybridized carbons (Fsp3) is 0.867. The van der Waals surface area contributed by atoms with Crippen LogP contribution in [0.3, 0.4) is 0 Å². The van der Waals surface area contributed by atoms with Crippen LogP contribution in [0.5, 0.6) is 0 Å². The smallest absolute Gasteiger partial charge is 0.368 e. The number of rotatable bonds is 9. The molecule has 1 N–H and O–H groups in total. The minimum Gasteiger partial charge on any atom is -0.368 e. The van der Waals surface area contributed by atoms with Crippen molar-refractivity contribution in [2.45, 2.75) is 71.2 Å². The molecule has 0 aromatic carbocycles. The van der Waals surface area contributed by atoms with Crippen molar-refractivity contribution in [3.63, 3.8) is 0 Å². The van der Waals surface area contributed by atoms with Crippen LogP contribution in [0, 0.1) is 11.8 Å². The van der Waals surface area contributed by atoms with Crippen molar-refractivity contribution in [3.8, 4) is 0 Å². The lowest BCUT2D eigenvalue weighted by atomic mass is 9.89. The summed E-state index contributed by atoms with van der Waals surface area (Å²) in [6.45, 7) is 9.00. The first-order chi connectivity index (χ1) is 10.3. The second kappa shape index (κ2) is 8.92. The molecule has 0 aliphatic heterocycles. The number of allylic oxidation sites excluding steroid dienone is 1. The second-order valence-corrected chi connectivity index (χ2v) is 5.99. The van der Waals surface area contributed by atoms with Gasteiger partial charge in [-0.3, -0.25) is 0 Å². The summed E-state index contributed by atoms with van der Waals surface area (Å²) in [7, 11) is 0. The lowest BCUT2D eigenvalue weighted by Crippen LogP contribution is -2.47. The SMILES string of the molecule is C=C(C)CCC(CC(C)CC)C(O)OC(C(F)(F)F)C(F)(F)F. The monoisotopic (exact) mass is 350 g/mol. The van der Waals surface area contributed by atoms with Gasteiger partial charge < -0.3 is 9.84 Å². The maximum atomic E-state index is 12.5. The maximum Gasteiger partial charge on any atom is 0.423 e. The Morgan fingerprint density at radius 2 is 1.61 bits per heavy atom. The minimum atomic E-state index is -5.63. The number of alkyl halides is 6. The van der Waals surface area contributed by atoms with Crippen LogP contribution in [0.15, 0.2) is 12.2 Å². The Hall–Kier alpha value is -0.760. The lowest BCUT2D eigenvalue weighted by molar-refractivity contribution is -0.354. The van der Waals surface area contributed by atoms with Crippen molar-refractivity contribution in [3.05, 3.63) is 12.2 Å². The summed E-state index contributed by atoms with van der Waals surface area (Å²) in [5, 5.41) is 9.81. The summed E-state index contributed by atoms with van der Waals surface area (Å²) in [5.74, 6) is -0.785. The van der Waals surface area contributed by atoms with Crippen LogP contribution in [0.25, 0.3) is 0 Å². The third-order valence-electron chi connectivity index (χ3n) is 3.62. The number of hydrogen-bond acceptors (Lipinski definition) is 2. The molecule has 0 bridgehead atoms. The molecule has 0 amide bonds. The lowest BCUT2D eigenvalue weighted by Gasteiger charge is -2.30. The third-order valence-corrected chi connectivity index (χ3v) is 3.62. The van der Waals surface area contributed by atoms with E-state index >= 15 is 0 Å². The van der Waals surface area contributed by atoms with E-state index in [0.717, 1.165) is 5.57 Å². The fourth-order valence-electron chi connectivity index (χ4n) is 2.08. The van der Waals surface area contributed by atoms with E-state index in [1.165, 1.54) is 0 Å². The van der Waals surface area contributed by atoms with Crippen molar-refractivity contribution >= 4 is 0 Å². The molecule has 0 aromatic heterocycles. The van der Waals surface area contributed by atoms with E-state index in [1.807, 2.05) is 13.8 Å². The molecule has 0 saturated carbocycles. The van der Waals surface area contributed by atoms with E-state index in [0.29, 0.717) is 12.8 Å².